The maximum atomic E-state index is 11.6. The van der Waals surface area contributed by atoms with Gasteiger partial charge in [0, 0.05) is 24.2 Å². The summed E-state index contributed by atoms with van der Waals surface area (Å²) in [6, 6.07) is 5.82. The van der Waals surface area contributed by atoms with Gasteiger partial charge in [-0.05, 0) is 19.4 Å². The largest absolute Gasteiger partial charge is 0.464 e. The number of hydrogen-bond donors (Lipinski definition) is 1. The number of para-hydroxylation sites is 1. The Balaban J connectivity index is 2.52. The van der Waals surface area contributed by atoms with Crippen LogP contribution in [-0.2, 0) is 16.6 Å². The number of ether oxygens (including phenoxy) is 1. The van der Waals surface area contributed by atoms with Gasteiger partial charge in [-0.3, -0.25) is 0 Å². The highest BCUT2D eigenvalue weighted by atomic mass is 16.5. The molecular formula is C14H17NO3. The fourth-order valence-corrected chi connectivity index (χ4v) is 2.27. The van der Waals surface area contributed by atoms with Crippen molar-refractivity contribution in [3.05, 3.63) is 35.5 Å². The number of benzene rings is 1. The van der Waals surface area contributed by atoms with Crippen molar-refractivity contribution in [2.24, 2.45) is 7.05 Å². The first-order valence-corrected chi connectivity index (χ1v) is 5.95. The highest BCUT2D eigenvalue weighted by molar-refractivity contribution is 5.91. The molecule has 1 unspecified atom stereocenters. The Hall–Kier alpha value is -1.81. The van der Waals surface area contributed by atoms with E-state index in [0.29, 0.717) is 5.56 Å². The van der Waals surface area contributed by atoms with E-state index in [1.807, 2.05) is 36.7 Å². The third kappa shape index (κ3) is 1.99. The third-order valence-corrected chi connectivity index (χ3v) is 3.04. The molecule has 96 valence electrons. The molecule has 0 bridgehead atoms. The number of aryl methyl sites for hydroxylation is 2. The van der Waals surface area contributed by atoms with E-state index in [-0.39, 0.29) is 6.61 Å². The molecule has 18 heavy (non-hydrogen) atoms. The fraction of sp³-hybridized carbons (Fsp3) is 0.357. The fourth-order valence-electron chi connectivity index (χ4n) is 2.27. The maximum absolute atomic E-state index is 11.6. The number of esters is 1. The van der Waals surface area contributed by atoms with Gasteiger partial charge in [0.1, 0.15) is 0 Å². The van der Waals surface area contributed by atoms with Gasteiger partial charge < -0.3 is 14.4 Å². The van der Waals surface area contributed by atoms with E-state index in [0.717, 1.165) is 16.5 Å². The molecule has 4 heteroatoms. The predicted molar refractivity (Wildman–Crippen MR) is 69.2 cm³/mol. The molecule has 1 aromatic carbocycles. The summed E-state index contributed by atoms with van der Waals surface area (Å²) < 4.78 is 6.77. The minimum absolute atomic E-state index is 0.264. The molecule has 1 atom stereocenters. The Labute approximate surface area is 106 Å². The van der Waals surface area contributed by atoms with Crippen molar-refractivity contribution in [2.75, 3.05) is 6.61 Å². The molecule has 2 rings (SSSR count). The first-order chi connectivity index (χ1) is 8.56. The van der Waals surface area contributed by atoms with Crippen molar-refractivity contribution in [1.29, 1.82) is 0 Å². The van der Waals surface area contributed by atoms with Gasteiger partial charge in [0.2, 0.25) is 0 Å². The van der Waals surface area contributed by atoms with Crippen molar-refractivity contribution in [2.45, 2.75) is 20.0 Å². The van der Waals surface area contributed by atoms with Gasteiger partial charge in [0.15, 0.2) is 6.10 Å². The zero-order chi connectivity index (χ0) is 13.3. The summed E-state index contributed by atoms with van der Waals surface area (Å²) in [5.41, 5.74) is 2.72. The molecule has 1 aromatic heterocycles. The lowest BCUT2D eigenvalue weighted by Gasteiger charge is -2.08. The number of aliphatic hydroxyl groups is 1. The molecule has 0 fully saturated rings. The molecule has 2 aromatic rings. The molecule has 0 radical (unpaired) electrons. The van der Waals surface area contributed by atoms with Crippen LogP contribution in [0, 0.1) is 6.92 Å². The SMILES string of the molecule is CCOC(=O)C(O)c1cn(C)c2c(C)cccc12. The molecular weight excluding hydrogens is 230 g/mol. The van der Waals surface area contributed by atoms with Crippen LogP contribution in [0.3, 0.4) is 0 Å². The van der Waals surface area contributed by atoms with Gasteiger partial charge in [-0.25, -0.2) is 4.79 Å². The van der Waals surface area contributed by atoms with Gasteiger partial charge in [0.25, 0.3) is 0 Å². The van der Waals surface area contributed by atoms with E-state index in [4.69, 9.17) is 4.74 Å². The summed E-state index contributed by atoms with van der Waals surface area (Å²) in [6.45, 7) is 3.99. The average molecular weight is 247 g/mol. The average Bonchev–Trinajstić information content (AvgIpc) is 2.67. The normalized spacial score (nSPS) is 12.7. The first-order valence-electron chi connectivity index (χ1n) is 5.95. The van der Waals surface area contributed by atoms with Crippen molar-refractivity contribution < 1.29 is 14.6 Å². The van der Waals surface area contributed by atoms with E-state index >= 15 is 0 Å². The number of carbonyl (C=O) groups is 1. The lowest BCUT2D eigenvalue weighted by Crippen LogP contribution is -2.15. The molecule has 1 N–H and O–H groups in total. The van der Waals surface area contributed by atoms with E-state index in [9.17, 15) is 9.90 Å². The van der Waals surface area contributed by atoms with Crippen LogP contribution in [0.15, 0.2) is 24.4 Å². The topological polar surface area (TPSA) is 51.5 Å². The van der Waals surface area contributed by atoms with Crippen LogP contribution in [0.4, 0.5) is 0 Å². The molecule has 0 aliphatic carbocycles. The van der Waals surface area contributed by atoms with Crippen molar-refractivity contribution in [3.63, 3.8) is 0 Å². The molecule has 0 saturated carbocycles. The number of nitrogens with zero attached hydrogens (tertiary/aromatic N) is 1. The maximum Gasteiger partial charge on any atom is 0.339 e. The minimum Gasteiger partial charge on any atom is -0.464 e. The molecule has 4 nitrogen and oxygen atoms in total. The Morgan fingerprint density at radius 2 is 2.22 bits per heavy atom. The van der Waals surface area contributed by atoms with E-state index < -0.39 is 12.1 Å². The zero-order valence-corrected chi connectivity index (χ0v) is 10.8. The molecule has 0 spiro atoms. The van der Waals surface area contributed by atoms with Crippen LogP contribution in [0.2, 0.25) is 0 Å². The Kier molecular flexibility index (Phi) is 3.39. The quantitative estimate of drug-likeness (QED) is 0.845. The monoisotopic (exact) mass is 247 g/mol. The molecule has 0 aliphatic rings. The van der Waals surface area contributed by atoms with Crippen LogP contribution in [0.25, 0.3) is 10.9 Å². The molecule has 0 saturated heterocycles. The second kappa shape index (κ2) is 4.82. The van der Waals surface area contributed by atoms with E-state index in [1.54, 1.807) is 13.1 Å². The van der Waals surface area contributed by atoms with Crippen LogP contribution < -0.4 is 0 Å². The van der Waals surface area contributed by atoms with Crippen molar-refractivity contribution in [3.8, 4) is 0 Å². The van der Waals surface area contributed by atoms with Crippen LogP contribution in [0.1, 0.15) is 24.2 Å². The molecule has 0 amide bonds. The number of aliphatic hydroxyl groups excluding tert-OH is 1. The number of carbonyl (C=O) groups excluding carboxylic acids is 1. The van der Waals surface area contributed by atoms with Crippen LogP contribution >= 0.6 is 0 Å². The highest BCUT2D eigenvalue weighted by Gasteiger charge is 2.23. The smallest absolute Gasteiger partial charge is 0.339 e. The Morgan fingerprint density at radius 3 is 2.89 bits per heavy atom. The summed E-state index contributed by atoms with van der Waals surface area (Å²) in [4.78, 5) is 11.6. The summed E-state index contributed by atoms with van der Waals surface area (Å²) >= 11 is 0. The Bertz CT molecular complexity index is 586. The summed E-state index contributed by atoms with van der Waals surface area (Å²) in [5.74, 6) is -0.605. The number of rotatable bonds is 3. The number of aromatic nitrogens is 1. The van der Waals surface area contributed by atoms with Crippen LogP contribution in [-0.4, -0.2) is 22.2 Å². The van der Waals surface area contributed by atoms with Crippen molar-refractivity contribution >= 4 is 16.9 Å². The standard InChI is InChI=1S/C14H17NO3/c1-4-18-14(17)13(16)11-8-15(3)12-9(2)6-5-7-10(11)12/h5-8,13,16H,4H2,1-3H3. The third-order valence-electron chi connectivity index (χ3n) is 3.04. The minimum atomic E-state index is -1.23. The van der Waals surface area contributed by atoms with E-state index in [2.05, 4.69) is 0 Å². The van der Waals surface area contributed by atoms with Crippen LogP contribution in [0.5, 0.6) is 0 Å². The summed E-state index contributed by atoms with van der Waals surface area (Å²) in [7, 11) is 1.90. The second-order valence-electron chi connectivity index (χ2n) is 4.32. The molecule has 0 aliphatic heterocycles. The summed E-state index contributed by atoms with van der Waals surface area (Å²) in [5, 5.41) is 10.9. The Morgan fingerprint density at radius 1 is 1.50 bits per heavy atom. The first kappa shape index (κ1) is 12.6. The lowest BCUT2D eigenvalue weighted by atomic mass is 10.1. The van der Waals surface area contributed by atoms with E-state index in [1.165, 1.54) is 0 Å². The number of fused-ring (bicyclic) bond motifs is 1. The molecule has 1 heterocycles. The van der Waals surface area contributed by atoms with Gasteiger partial charge in [-0.1, -0.05) is 18.2 Å². The van der Waals surface area contributed by atoms with Gasteiger partial charge in [-0.15, -0.1) is 0 Å². The zero-order valence-electron chi connectivity index (χ0n) is 10.8. The number of hydrogen-bond acceptors (Lipinski definition) is 3. The van der Waals surface area contributed by atoms with Gasteiger partial charge in [-0.2, -0.15) is 0 Å². The van der Waals surface area contributed by atoms with Gasteiger partial charge in [0.05, 0.1) is 12.1 Å². The van der Waals surface area contributed by atoms with Crippen molar-refractivity contribution in [1.82, 2.24) is 4.57 Å². The second-order valence-corrected chi connectivity index (χ2v) is 4.32. The highest BCUT2D eigenvalue weighted by Crippen LogP contribution is 2.28. The lowest BCUT2D eigenvalue weighted by molar-refractivity contribution is -0.153. The predicted octanol–water partition coefficient (Wildman–Crippen LogP) is 2.08. The summed E-state index contributed by atoms with van der Waals surface area (Å²) in [6.07, 6.45) is 0.551. The van der Waals surface area contributed by atoms with Gasteiger partial charge >= 0.3 is 5.97 Å².